The van der Waals surface area contributed by atoms with E-state index in [1.54, 1.807) is 16.6 Å². The number of aromatic carboxylic acids is 1. The number of aryl methyl sites for hydroxylation is 2. The molecule has 0 saturated heterocycles. The second-order valence-electron chi connectivity index (χ2n) is 4.91. The minimum atomic E-state index is -1.05. The van der Waals surface area contributed by atoms with Crippen molar-refractivity contribution in [2.75, 3.05) is 7.05 Å². The van der Waals surface area contributed by atoms with E-state index in [-0.39, 0.29) is 24.6 Å². The summed E-state index contributed by atoms with van der Waals surface area (Å²) >= 11 is 0. The molecule has 1 N–H and O–H groups in total. The molecule has 2 aromatic rings. The van der Waals surface area contributed by atoms with E-state index in [1.165, 1.54) is 16.9 Å². The molecular weight excluding hydrogens is 286 g/mol. The third kappa shape index (κ3) is 3.72. The zero-order valence-electron chi connectivity index (χ0n) is 12.6. The lowest BCUT2D eigenvalue weighted by molar-refractivity contribution is -0.130. The van der Waals surface area contributed by atoms with Crippen molar-refractivity contribution in [1.29, 1.82) is 0 Å². The van der Waals surface area contributed by atoms with E-state index in [4.69, 9.17) is 5.11 Å². The third-order valence-electron chi connectivity index (χ3n) is 3.32. The van der Waals surface area contributed by atoms with Crippen LogP contribution in [0.3, 0.4) is 0 Å². The van der Waals surface area contributed by atoms with Gasteiger partial charge in [-0.1, -0.05) is 0 Å². The Morgan fingerprint density at radius 2 is 2.14 bits per heavy atom. The molecule has 0 unspecified atom stereocenters. The van der Waals surface area contributed by atoms with Crippen LogP contribution < -0.4 is 0 Å². The number of rotatable bonds is 7. The smallest absolute Gasteiger partial charge is 0.354 e. The van der Waals surface area contributed by atoms with Crippen LogP contribution in [0, 0.1) is 0 Å². The number of nitrogens with zero attached hydrogens (tertiary/aromatic N) is 5. The Kier molecular flexibility index (Phi) is 4.92. The summed E-state index contributed by atoms with van der Waals surface area (Å²) < 4.78 is 3.12. The summed E-state index contributed by atoms with van der Waals surface area (Å²) in [5, 5.41) is 17.2. The SMILES string of the molecule is CCn1ccc(CN(C)C(=O)CCn2nccc2C(=O)O)n1. The molecule has 0 spiro atoms. The van der Waals surface area contributed by atoms with Gasteiger partial charge in [0.25, 0.3) is 0 Å². The van der Waals surface area contributed by atoms with Crippen LogP contribution in [0.4, 0.5) is 0 Å². The number of carboxylic acid groups (broad SMARTS) is 1. The van der Waals surface area contributed by atoms with Crippen molar-refractivity contribution in [2.45, 2.75) is 33.0 Å². The van der Waals surface area contributed by atoms with Crippen molar-refractivity contribution in [1.82, 2.24) is 24.5 Å². The van der Waals surface area contributed by atoms with E-state index in [0.717, 1.165) is 12.2 Å². The molecule has 0 saturated carbocycles. The highest BCUT2D eigenvalue weighted by Crippen LogP contribution is 2.05. The first-order valence-electron chi connectivity index (χ1n) is 7.02. The highest BCUT2D eigenvalue weighted by Gasteiger charge is 2.14. The molecule has 2 rings (SSSR count). The number of hydrogen-bond donors (Lipinski definition) is 1. The van der Waals surface area contributed by atoms with Gasteiger partial charge in [0.05, 0.1) is 18.8 Å². The van der Waals surface area contributed by atoms with Crippen molar-refractivity contribution in [3.8, 4) is 0 Å². The second-order valence-corrected chi connectivity index (χ2v) is 4.91. The number of amides is 1. The quantitative estimate of drug-likeness (QED) is 0.818. The van der Waals surface area contributed by atoms with E-state index >= 15 is 0 Å². The average molecular weight is 305 g/mol. The molecule has 1 amide bonds. The van der Waals surface area contributed by atoms with Gasteiger partial charge in [-0.15, -0.1) is 0 Å². The van der Waals surface area contributed by atoms with Gasteiger partial charge < -0.3 is 10.0 Å². The van der Waals surface area contributed by atoms with Crippen LogP contribution in [-0.2, 0) is 24.4 Å². The highest BCUT2D eigenvalue weighted by molar-refractivity contribution is 5.85. The fourth-order valence-corrected chi connectivity index (χ4v) is 2.08. The molecule has 2 aromatic heterocycles. The van der Waals surface area contributed by atoms with Gasteiger partial charge in [-0.2, -0.15) is 10.2 Å². The second kappa shape index (κ2) is 6.88. The van der Waals surface area contributed by atoms with Crippen LogP contribution in [0.2, 0.25) is 0 Å². The topological polar surface area (TPSA) is 93.2 Å². The maximum Gasteiger partial charge on any atom is 0.354 e. The summed E-state index contributed by atoms with van der Waals surface area (Å²) in [7, 11) is 1.70. The third-order valence-corrected chi connectivity index (χ3v) is 3.32. The Morgan fingerprint density at radius 1 is 1.36 bits per heavy atom. The molecule has 8 heteroatoms. The van der Waals surface area contributed by atoms with Crippen LogP contribution in [0.15, 0.2) is 24.5 Å². The van der Waals surface area contributed by atoms with Crippen LogP contribution in [0.5, 0.6) is 0 Å². The molecule has 0 aliphatic rings. The molecule has 0 fully saturated rings. The number of carbonyl (C=O) groups is 2. The average Bonchev–Trinajstić information content (AvgIpc) is 3.13. The zero-order valence-corrected chi connectivity index (χ0v) is 12.6. The molecule has 8 nitrogen and oxygen atoms in total. The Labute approximate surface area is 127 Å². The molecule has 0 aliphatic heterocycles. The van der Waals surface area contributed by atoms with Crippen LogP contribution in [-0.4, -0.2) is 48.5 Å². The van der Waals surface area contributed by atoms with Crippen LogP contribution >= 0.6 is 0 Å². The normalized spacial score (nSPS) is 10.6. The van der Waals surface area contributed by atoms with Gasteiger partial charge in [-0.25, -0.2) is 4.79 Å². The van der Waals surface area contributed by atoms with E-state index in [0.29, 0.717) is 6.54 Å². The molecule has 0 bridgehead atoms. The van der Waals surface area contributed by atoms with E-state index < -0.39 is 5.97 Å². The summed E-state index contributed by atoms with van der Waals surface area (Å²) in [6, 6.07) is 3.29. The monoisotopic (exact) mass is 305 g/mol. The Morgan fingerprint density at radius 3 is 2.77 bits per heavy atom. The first-order valence-corrected chi connectivity index (χ1v) is 7.02. The van der Waals surface area contributed by atoms with Crippen molar-refractivity contribution in [2.24, 2.45) is 0 Å². The minimum Gasteiger partial charge on any atom is -0.477 e. The molecular formula is C14H19N5O3. The van der Waals surface area contributed by atoms with Crippen molar-refractivity contribution < 1.29 is 14.7 Å². The van der Waals surface area contributed by atoms with Crippen LogP contribution in [0.1, 0.15) is 29.5 Å². The number of hydrogen-bond acceptors (Lipinski definition) is 4. The number of carbonyl (C=O) groups excluding carboxylic acids is 1. The van der Waals surface area contributed by atoms with Crippen molar-refractivity contribution in [3.05, 3.63) is 35.9 Å². The first kappa shape index (κ1) is 15.7. The lowest BCUT2D eigenvalue weighted by atomic mass is 10.3. The lowest BCUT2D eigenvalue weighted by Crippen LogP contribution is -2.27. The predicted molar refractivity (Wildman–Crippen MR) is 78.2 cm³/mol. The minimum absolute atomic E-state index is 0.0807. The molecule has 2 heterocycles. The van der Waals surface area contributed by atoms with Gasteiger partial charge in [0.1, 0.15) is 5.69 Å². The van der Waals surface area contributed by atoms with Gasteiger partial charge in [0.15, 0.2) is 0 Å². The maximum absolute atomic E-state index is 12.1. The molecule has 0 radical (unpaired) electrons. The predicted octanol–water partition coefficient (Wildman–Crippen LogP) is 0.846. The summed E-state index contributed by atoms with van der Waals surface area (Å²) in [4.78, 5) is 24.6. The Bertz CT molecular complexity index is 661. The lowest BCUT2D eigenvalue weighted by Gasteiger charge is -2.16. The largest absolute Gasteiger partial charge is 0.477 e. The van der Waals surface area contributed by atoms with Gasteiger partial charge in [-0.3, -0.25) is 14.2 Å². The first-order chi connectivity index (χ1) is 10.5. The van der Waals surface area contributed by atoms with Gasteiger partial charge >= 0.3 is 5.97 Å². The van der Waals surface area contributed by atoms with Gasteiger partial charge in [-0.05, 0) is 19.1 Å². The molecule has 22 heavy (non-hydrogen) atoms. The summed E-state index contributed by atoms with van der Waals surface area (Å²) in [5.74, 6) is -1.14. The van der Waals surface area contributed by atoms with Crippen molar-refractivity contribution in [3.63, 3.8) is 0 Å². The fraction of sp³-hybridized carbons (Fsp3) is 0.429. The number of carboxylic acids is 1. The summed E-state index contributed by atoms with van der Waals surface area (Å²) in [6.07, 6.45) is 3.47. The van der Waals surface area contributed by atoms with Crippen LogP contribution in [0.25, 0.3) is 0 Å². The summed E-state index contributed by atoms with van der Waals surface area (Å²) in [5.41, 5.74) is 0.903. The van der Waals surface area contributed by atoms with E-state index in [1.807, 2.05) is 19.2 Å². The Hall–Kier alpha value is -2.64. The fourth-order valence-electron chi connectivity index (χ4n) is 2.08. The van der Waals surface area contributed by atoms with Gasteiger partial charge in [0.2, 0.25) is 5.91 Å². The number of aromatic nitrogens is 4. The standard InChI is InChI=1S/C14H19N5O3/c1-3-18-8-5-11(16-18)10-17(2)13(20)6-9-19-12(14(21)22)4-7-15-19/h4-5,7-8H,3,6,9-10H2,1-2H3,(H,21,22). The Balaban J connectivity index is 1.88. The zero-order chi connectivity index (χ0) is 16.1. The highest BCUT2D eigenvalue weighted by atomic mass is 16.4. The molecule has 0 aliphatic carbocycles. The van der Waals surface area contributed by atoms with E-state index in [9.17, 15) is 9.59 Å². The van der Waals surface area contributed by atoms with Gasteiger partial charge in [0, 0.05) is 32.4 Å². The summed E-state index contributed by atoms with van der Waals surface area (Å²) in [6.45, 7) is 3.45. The molecule has 118 valence electrons. The molecule has 0 atom stereocenters. The maximum atomic E-state index is 12.1. The van der Waals surface area contributed by atoms with Crippen molar-refractivity contribution >= 4 is 11.9 Å². The molecule has 0 aromatic carbocycles. The van der Waals surface area contributed by atoms with E-state index in [2.05, 4.69) is 10.2 Å².